The van der Waals surface area contributed by atoms with E-state index in [1.165, 1.54) is 5.56 Å². The van der Waals surface area contributed by atoms with Gasteiger partial charge in [0.2, 0.25) is 0 Å². The Bertz CT molecular complexity index is 686. The van der Waals surface area contributed by atoms with Crippen molar-refractivity contribution in [3.8, 4) is 11.5 Å². The van der Waals surface area contributed by atoms with Gasteiger partial charge in [-0.05, 0) is 30.7 Å². The molecule has 0 radical (unpaired) electrons. The molecule has 0 spiro atoms. The molecule has 2 aromatic carbocycles. The van der Waals surface area contributed by atoms with Crippen molar-refractivity contribution in [1.29, 1.82) is 0 Å². The molecular weight excluding hydrogens is 290 g/mol. The lowest BCUT2D eigenvalue weighted by molar-refractivity contribution is 0.0717. The quantitative estimate of drug-likeness (QED) is 0.922. The number of methoxy groups -OCH3 is 2. The standard InChI is InChI=1S/C19H23NO3/c1-20(12-14-8-9-15(22-2)11-18(14)23-3)17-10-13-6-4-5-7-16(13)19(17)21/h4-9,11,17,19,21H,10,12H2,1-3H3. The van der Waals surface area contributed by atoms with E-state index in [0.29, 0.717) is 6.54 Å². The molecule has 0 saturated carbocycles. The van der Waals surface area contributed by atoms with E-state index in [4.69, 9.17) is 9.47 Å². The summed E-state index contributed by atoms with van der Waals surface area (Å²) < 4.78 is 10.7. The van der Waals surface area contributed by atoms with Gasteiger partial charge in [-0.25, -0.2) is 0 Å². The van der Waals surface area contributed by atoms with Crippen LogP contribution >= 0.6 is 0 Å². The third kappa shape index (κ3) is 3.05. The number of likely N-dealkylation sites (N-methyl/N-ethyl adjacent to an activating group) is 1. The summed E-state index contributed by atoms with van der Waals surface area (Å²) >= 11 is 0. The van der Waals surface area contributed by atoms with Crippen molar-refractivity contribution < 1.29 is 14.6 Å². The van der Waals surface area contributed by atoms with Crippen LogP contribution in [0.15, 0.2) is 42.5 Å². The molecule has 2 unspecified atom stereocenters. The van der Waals surface area contributed by atoms with Gasteiger partial charge in [-0.3, -0.25) is 4.90 Å². The van der Waals surface area contributed by atoms with E-state index in [-0.39, 0.29) is 6.04 Å². The molecule has 3 rings (SSSR count). The summed E-state index contributed by atoms with van der Waals surface area (Å²) in [6, 6.07) is 14.1. The maximum atomic E-state index is 10.6. The van der Waals surface area contributed by atoms with E-state index in [9.17, 15) is 5.11 Å². The summed E-state index contributed by atoms with van der Waals surface area (Å²) in [5, 5.41) is 10.6. The summed E-state index contributed by atoms with van der Waals surface area (Å²) in [4.78, 5) is 2.19. The van der Waals surface area contributed by atoms with Crippen LogP contribution in [0.4, 0.5) is 0 Å². The van der Waals surface area contributed by atoms with Crippen LogP contribution in [0.25, 0.3) is 0 Å². The van der Waals surface area contributed by atoms with Gasteiger partial charge in [0.15, 0.2) is 0 Å². The molecule has 0 bridgehead atoms. The molecule has 4 nitrogen and oxygen atoms in total. The van der Waals surface area contributed by atoms with Crippen molar-refractivity contribution in [3.63, 3.8) is 0 Å². The zero-order valence-electron chi connectivity index (χ0n) is 13.8. The number of aliphatic hydroxyl groups excluding tert-OH is 1. The SMILES string of the molecule is COc1ccc(CN(C)C2Cc3ccccc3C2O)c(OC)c1. The van der Waals surface area contributed by atoms with Crippen LogP contribution < -0.4 is 9.47 Å². The van der Waals surface area contributed by atoms with Crippen molar-refractivity contribution >= 4 is 0 Å². The van der Waals surface area contributed by atoms with Crippen LogP contribution in [0.3, 0.4) is 0 Å². The van der Waals surface area contributed by atoms with Crippen molar-refractivity contribution in [3.05, 3.63) is 59.2 Å². The highest BCUT2D eigenvalue weighted by Crippen LogP contribution is 2.35. The van der Waals surface area contributed by atoms with Gasteiger partial charge >= 0.3 is 0 Å². The van der Waals surface area contributed by atoms with Crippen LogP contribution in [0.2, 0.25) is 0 Å². The first-order chi connectivity index (χ1) is 11.1. The van der Waals surface area contributed by atoms with Crippen molar-refractivity contribution in [1.82, 2.24) is 4.90 Å². The average molecular weight is 313 g/mol. The highest BCUT2D eigenvalue weighted by atomic mass is 16.5. The van der Waals surface area contributed by atoms with Gasteiger partial charge in [0.1, 0.15) is 11.5 Å². The van der Waals surface area contributed by atoms with Crippen LogP contribution in [0.5, 0.6) is 11.5 Å². The average Bonchev–Trinajstić information content (AvgIpc) is 2.92. The van der Waals surface area contributed by atoms with Gasteiger partial charge < -0.3 is 14.6 Å². The molecule has 122 valence electrons. The second kappa shape index (κ2) is 6.60. The summed E-state index contributed by atoms with van der Waals surface area (Å²) in [5.74, 6) is 1.59. The van der Waals surface area contributed by atoms with Gasteiger partial charge in [-0.15, -0.1) is 0 Å². The number of nitrogens with zero attached hydrogens (tertiary/aromatic N) is 1. The Hall–Kier alpha value is -2.04. The van der Waals surface area contributed by atoms with E-state index in [0.717, 1.165) is 29.0 Å². The molecule has 1 aliphatic rings. The minimum absolute atomic E-state index is 0.0826. The Kier molecular flexibility index (Phi) is 4.55. The number of ether oxygens (including phenoxy) is 2. The van der Waals surface area contributed by atoms with Gasteiger partial charge in [0.25, 0.3) is 0 Å². The van der Waals surface area contributed by atoms with Crippen LogP contribution in [-0.2, 0) is 13.0 Å². The minimum Gasteiger partial charge on any atom is -0.497 e. The van der Waals surface area contributed by atoms with Gasteiger partial charge in [0, 0.05) is 24.2 Å². The van der Waals surface area contributed by atoms with Gasteiger partial charge in [0.05, 0.1) is 20.3 Å². The van der Waals surface area contributed by atoms with Crippen LogP contribution in [0.1, 0.15) is 22.8 Å². The molecule has 0 aromatic heterocycles. The van der Waals surface area contributed by atoms with Crippen molar-refractivity contribution in [2.75, 3.05) is 21.3 Å². The fraction of sp³-hybridized carbons (Fsp3) is 0.368. The number of fused-ring (bicyclic) bond motifs is 1. The Morgan fingerprint density at radius 1 is 1.13 bits per heavy atom. The lowest BCUT2D eigenvalue weighted by atomic mass is 10.1. The molecule has 1 aliphatic carbocycles. The zero-order valence-corrected chi connectivity index (χ0v) is 13.8. The number of hydrogen-bond acceptors (Lipinski definition) is 4. The molecule has 2 aromatic rings. The van der Waals surface area contributed by atoms with E-state index in [2.05, 4.69) is 11.0 Å². The first-order valence-electron chi connectivity index (χ1n) is 7.81. The van der Waals surface area contributed by atoms with Crippen LogP contribution in [0, 0.1) is 0 Å². The molecule has 0 saturated heterocycles. The molecule has 0 amide bonds. The molecular formula is C19H23NO3. The molecule has 23 heavy (non-hydrogen) atoms. The topological polar surface area (TPSA) is 41.9 Å². The second-order valence-electron chi connectivity index (χ2n) is 6.01. The van der Waals surface area contributed by atoms with E-state index >= 15 is 0 Å². The Morgan fingerprint density at radius 2 is 1.91 bits per heavy atom. The maximum absolute atomic E-state index is 10.6. The Labute approximate surface area is 137 Å². The number of rotatable bonds is 5. The highest BCUT2D eigenvalue weighted by molar-refractivity contribution is 5.41. The Balaban J connectivity index is 1.77. The first-order valence-corrected chi connectivity index (χ1v) is 7.81. The monoisotopic (exact) mass is 313 g/mol. The molecule has 0 fully saturated rings. The van der Waals surface area contributed by atoms with Crippen molar-refractivity contribution in [2.24, 2.45) is 0 Å². The summed E-state index contributed by atoms with van der Waals surface area (Å²) in [6.45, 7) is 0.711. The third-order valence-electron chi connectivity index (χ3n) is 4.65. The van der Waals surface area contributed by atoms with Gasteiger partial charge in [-0.2, -0.15) is 0 Å². The maximum Gasteiger partial charge on any atom is 0.127 e. The predicted octanol–water partition coefficient (Wildman–Crippen LogP) is 2.79. The number of aliphatic hydroxyl groups is 1. The first kappa shape index (κ1) is 15.8. The summed E-state index contributed by atoms with van der Waals surface area (Å²) in [7, 11) is 5.36. The number of hydrogen-bond donors (Lipinski definition) is 1. The largest absolute Gasteiger partial charge is 0.497 e. The lowest BCUT2D eigenvalue weighted by Crippen LogP contribution is -2.34. The molecule has 4 heteroatoms. The fourth-order valence-electron chi connectivity index (χ4n) is 3.32. The second-order valence-corrected chi connectivity index (χ2v) is 6.01. The normalized spacial score (nSPS) is 19.7. The van der Waals surface area contributed by atoms with Crippen molar-refractivity contribution in [2.45, 2.75) is 25.1 Å². The highest BCUT2D eigenvalue weighted by Gasteiger charge is 2.33. The van der Waals surface area contributed by atoms with Gasteiger partial charge in [-0.1, -0.05) is 30.3 Å². The van der Waals surface area contributed by atoms with E-state index in [1.54, 1.807) is 14.2 Å². The minimum atomic E-state index is -0.444. The van der Waals surface area contributed by atoms with E-state index in [1.807, 2.05) is 43.4 Å². The number of benzene rings is 2. The fourth-order valence-corrected chi connectivity index (χ4v) is 3.32. The van der Waals surface area contributed by atoms with E-state index < -0.39 is 6.10 Å². The van der Waals surface area contributed by atoms with Crippen LogP contribution in [-0.4, -0.2) is 37.3 Å². The Morgan fingerprint density at radius 3 is 2.61 bits per heavy atom. The zero-order chi connectivity index (χ0) is 16.4. The predicted molar refractivity (Wildman–Crippen MR) is 89.9 cm³/mol. The third-order valence-corrected chi connectivity index (χ3v) is 4.65. The molecule has 0 aliphatic heterocycles. The molecule has 2 atom stereocenters. The molecule has 1 N–H and O–H groups in total. The molecule has 0 heterocycles. The lowest BCUT2D eigenvalue weighted by Gasteiger charge is -2.28. The smallest absolute Gasteiger partial charge is 0.127 e. The summed E-state index contributed by atoms with van der Waals surface area (Å²) in [6.07, 6.45) is 0.423. The summed E-state index contributed by atoms with van der Waals surface area (Å²) in [5.41, 5.74) is 3.36.